The van der Waals surface area contributed by atoms with Crippen LogP contribution in [0.1, 0.15) is 26.2 Å². The number of methoxy groups -OCH3 is 1. The Bertz CT molecular complexity index is 389. The van der Waals surface area contributed by atoms with Gasteiger partial charge in [0.15, 0.2) is 5.78 Å². The van der Waals surface area contributed by atoms with E-state index in [9.17, 15) is 4.79 Å². The smallest absolute Gasteiger partial charge is 0.152 e. The van der Waals surface area contributed by atoms with Gasteiger partial charge in [0.2, 0.25) is 0 Å². The number of carbonyl (C=O) groups is 1. The van der Waals surface area contributed by atoms with E-state index >= 15 is 0 Å². The zero-order chi connectivity index (χ0) is 12.3. The number of hydrogen-bond acceptors (Lipinski definition) is 4. The highest BCUT2D eigenvalue weighted by Gasteiger charge is 2.26. The number of piperidine rings is 1. The molecule has 0 aromatic carbocycles. The Morgan fingerprint density at radius 3 is 2.88 bits per heavy atom. The summed E-state index contributed by atoms with van der Waals surface area (Å²) >= 11 is 0. The number of ether oxygens (including phenoxy) is 1. The SMILES string of the molecule is COc1ccc(N2CCCCC2C(C)=O)nc1. The normalized spacial score (nSPS) is 20.1. The second kappa shape index (κ2) is 5.17. The van der Waals surface area contributed by atoms with Crippen LogP contribution < -0.4 is 9.64 Å². The number of Topliss-reactive ketones (excluding diaryl/α,β-unsaturated/α-hetero) is 1. The standard InChI is InChI=1S/C13H18N2O2/c1-10(16)12-5-3-4-8-15(12)13-7-6-11(17-2)9-14-13/h6-7,9,12H,3-5,8H2,1-2H3. The molecule has 92 valence electrons. The fourth-order valence-corrected chi connectivity index (χ4v) is 2.29. The summed E-state index contributed by atoms with van der Waals surface area (Å²) in [7, 11) is 1.62. The Morgan fingerprint density at radius 2 is 2.29 bits per heavy atom. The van der Waals surface area contributed by atoms with Gasteiger partial charge in [-0.2, -0.15) is 0 Å². The maximum atomic E-state index is 11.6. The van der Waals surface area contributed by atoms with Crippen LogP contribution in [0.5, 0.6) is 5.75 Å². The Hall–Kier alpha value is -1.58. The first kappa shape index (κ1) is 11.9. The first-order valence-corrected chi connectivity index (χ1v) is 5.99. The fourth-order valence-electron chi connectivity index (χ4n) is 2.29. The van der Waals surface area contributed by atoms with Crippen LogP contribution in [0, 0.1) is 0 Å². The third-order valence-electron chi connectivity index (χ3n) is 3.22. The molecule has 1 atom stereocenters. The summed E-state index contributed by atoms with van der Waals surface area (Å²) in [5.41, 5.74) is 0. The van der Waals surface area contributed by atoms with Gasteiger partial charge in [0.1, 0.15) is 11.6 Å². The molecule has 4 heteroatoms. The molecule has 4 nitrogen and oxygen atoms in total. The van der Waals surface area contributed by atoms with E-state index in [1.54, 1.807) is 20.2 Å². The molecule has 0 spiro atoms. The minimum Gasteiger partial charge on any atom is -0.495 e. The van der Waals surface area contributed by atoms with Gasteiger partial charge in [-0.3, -0.25) is 4.79 Å². The van der Waals surface area contributed by atoms with Crippen LogP contribution in [0.4, 0.5) is 5.82 Å². The predicted molar refractivity (Wildman–Crippen MR) is 66.5 cm³/mol. The molecule has 0 N–H and O–H groups in total. The average molecular weight is 234 g/mol. The van der Waals surface area contributed by atoms with Crippen molar-refractivity contribution < 1.29 is 9.53 Å². The molecule has 1 aliphatic heterocycles. The molecular weight excluding hydrogens is 216 g/mol. The number of ketones is 1. The van der Waals surface area contributed by atoms with E-state index in [2.05, 4.69) is 9.88 Å². The maximum Gasteiger partial charge on any atom is 0.152 e. The number of nitrogens with zero attached hydrogens (tertiary/aromatic N) is 2. The molecule has 1 unspecified atom stereocenters. The van der Waals surface area contributed by atoms with Crippen LogP contribution in [-0.4, -0.2) is 30.5 Å². The van der Waals surface area contributed by atoms with E-state index in [0.29, 0.717) is 0 Å². The van der Waals surface area contributed by atoms with Crippen LogP contribution in [-0.2, 0) is 4.79 Å². The van der Waals surface area contributed by atoms with Crippen molar-refractivity contribution in [3.05, 3.63) is 18.3 Å². The summed E-state index contributed by atoms with van der Waals surface area (Å²) in [6, 6.07) is 3.79. The van der Waals surface area contributed by atoms with Crippen LogP contribution in [0.2, 0.25) is 0 Å². The largest absolute Gasteiger partial charge is 0.495 e. The highest BCUT2D eigenvalue weighted by Crippen LogP contribution is 2.24. The highest BCUT2D eigenvalue weighted by molar-refractivity contribution is 5.84. The molecule has 1 aromatic heterocycles. The predicted octanol–water partition coefficient (Wildman–Crippen LogP) is 2.04. The van der Waals surface area contributed by atoms with Crippen LogP contribution >= 0.6 is 0 Å². The quantitative estimate of drug-likeness (QED) is 0.802. The molecule has 1 fully saturated rings. The second-order valence-corrected chi connectivity index (χ2v) is 4.37. The molecule has 0 aliphatic carbocycles. The van der Waals surface area contributed by atoms with E-state index in [0.717, 1.165) is 37.4 Å². The lowest BCUT2D eigenvalue weighted by Crippen LogP contribution is -2.44. The lowest BCUT2D eigenvalue weighted by Gasteiger charge is -2.35. The van der Waals surface area contributed by atoms with E-state index in [1.807, 2.05) is 12.1 Å². The van der Waals surface area contributed by atoms with Crippen molar-refractivity contribution in [2.24, 2.45) is 0 Å². The molecular formula is C13H18N2O2. The third kappa shape index (κ3) is 2.57. The minimum atomic E-state index is -0.00959. The van der Waals surface area contributed by atoms with Gasteiger partial charge < -0.3 is 9.64 Å². The Balaban J connectivity index is 2.20. The van der Waals surface area contributed by atoms with Gasteiger partial charge in [-0.25, -0.2) is 4.98 Å². The third-order valence-corrected chi connectivity index (χ3v) is 3.22. The van der Waals surface area contributed by atoms with E-state index < -0.39 is 0 Å². The molecule has 0 radical (unpaired) electrons. The van der Waals surface area contributed by atoms with Gasteiger partial charge >= 0.3 is 0 Å². The minimum absolute atomic E-state index is 0.00959. The zero-order valence-electron chi connectivity index (χ0n) is 10.3. The molecule has 0 bridgehead atoms. The van der Waals surface area contributed by atoms with Crippen LogP contribution in [0.15, 0.2) is 18.3 Å². The molecule has 2 heterocycles. The molecule has 1 saturated heterocycles. The molecule has 17 heavy (non-hydrogen) atoms. The molecule has 1 aromatic rings. The zero-order valence-corrected chi connectivity index (χ0v) is 10.3. The highest BCUT2D eigenvalue weighted by atomic mass is 16.5. The van der Waals surface area contributed by atoms with Crippen molar-refractivity contribution >= 4 is 11.6 Å². The summed E-state index contributed by atoms with van der Waals surface area (Å²) in [4.78, 5) is 18.1. The van der Waals surface area contributed by atoms with Crippen molar-refractivity contribution in [1.82, 2.24) is 4.98 Å². The molecule has 0 amide bonds. The van der Waals surface area contributed by atoms with Crippen molar-refractivity contribution in [1.29, 1.82) is 0 Å². The van der Waals surface area contributed by atoms with E-state index in [1.165, 1.54) is 0 Å². The number of hydrogen-bond donors (Lipinski definition) is 0. The van der Waals surface area contributed by atoms with Crippen LogP contribution in [0.3, 0.4) is 0 Å². The van der Waals surface area contributed by atoms with Crippen molar-refractivity contribution in [3.63, 3.8) is 0 Å². The number of anilines is 1. The number of pyridine rings is 1. The summed E-state index contributed by atoms with van der Waals surface area (Å²) in [5, 5.41) is 0. The van der Waals surface area contributed by atoms with Gasteiger partial charge in [-0.05, 0) is 38.3 Å². The first-order valence-electron chi connectivity index (χ1n) is 5.99. The monoisotopic (exact) mass is 234 g/mol. The number of rotatable bonds is 3. The fraction of sp³-hybridized carbons (Fsp3) is 0.538. The van der Waals surface area contributed by atoms with Gasteiger partial charge in [-0.15, -0.1) is 0 Å². The Labute approximate surface area is 102 Å². The number of aromatic nitrogens is 1. The van der Waals surface area contributed by atoms with Crippen molar-refractivity contribution in [2.75, 3.05) is 18.6 Å². The van der Waals surface area contributed by atoms with Gasteiger partial charge in [0, 0.05) is 6.54 Å². The average Bonchev–Trinajstić information content (AvgIpc) is 2.39. The lowest BCUT2D eigenvalue weighted by molar-refractivity contribution is -0.118. The molecule has 0 saturated carbocycles. The number of carbonyl (C=O) groups excluding carboxylic acids is 1. The Morgan fingerprint density at radius 1 is 1.47 bits per heavy atom. The van der Waals surface area contributed by atoms with Gasteiger partial charge in [0.05, 0.1) is 19.3 Å². The van der Waals surface area contributed by atoms with Crippen LogP contribution in [0.25, 0.3) is 0 Å². The summed E-state index contributed by atoms with van der Waals surface area (Å²) in [5.74, 6) is 1.83. The van der Waals surface area contributed by atoms with Crippen molar-refractivity contribution in [2.45, 2.75) is 32.2 Å². The first-order chi connectivity index (χ1) is 8.22. The van der Waals surface area contributed by atoms with E-state index in [4.69, 9.17) is 4.74 Å². The Kier molecular flexibility index (Phi) is 3.61. The van der Waals surface area contributed by atoms with Gasteiger partial charge in [-0.1, -0.05) is 0 Å². The summed E-state index contributed by atoms with van der Waals surface area (Å²) < 4.78 is 5.08. The van der Waals surface area contributed by atoms with Gasteiger partial charge in [0.25, 0.3) is 0 Å². The van der Waals surface area contributed by atoms with E-state index in [-0.39, 0.29) is 11.8 Å². The second-order valence-electron chi connectivity index (χ2n) is 4.37. The van der Waals surface area contributed by atoms with Crippen molar-refractivity contribution in [3.8, 4) is 5.75 Å². The topological polar surface area (TPSA) is 42.4 Å². The molecule has 1 aliphatic rings. The summed E-state index contributed by atoms with van der Waals surface area (Å²) in [6.45, 7) is 2.57. The summed E-state index contributed by atoms with van der Waals surface area (Å²) in [6.07, 6.45) is 4.87. The molecule has 2 rings (SSSR count). The lowest BCUT2D eigenvalue weighted by atomic mass is 9.99. The maximum absolute atomic E-state index is 11.6.